The van der Waals surface area contributed by atoms with Crippen LogP contribution in [0.5, 0.6) is 0 Å². The molecule has 0 radical (unpaired) electrons. The van der Waals surface area contributed by atoms with Crippen LogP contribution in [0.25, 0.3) is 0 Å². The van der Waals surface area contributed by atoms with Crippen LogP contribution in [0.15, 0.2) is 0 Å². The minimum atomic E-state index is 0.125. The molecule has 0 saturated heterocycles. The standard InChI is InChI=1S/C16H31N3O/c1-8-19-13(4)15(12(3)18-19)11(2)17-14(9-10-20)16(5,6)7/h11,14,17,20H,8-10H2,1-7H3. The smallest absolute Gasteiger partial charge is 0.0644 e. The molecule has 0 amide bonds. The molecule has 1 heterocycles. The van der Waals surface area contributed by atoms with Crippen LogP contribution in [0.3, 0.4) is 0 Å². The number of aliphatic hydroxyl groups excluding tert-OH is 1. The van der Waals surface area contributed by atoms with Crippen LogP contribution >= 0.6 is 0 Å². The maximum atomic E-state index is 9.28. The molecule has 0 fully saturated rings. The quantitative estimate of drug-likeness (QED) is 0.843. The normalized spacial score (nSPS) is 15.4. The van der Waals surface area contributed by atoms with Gasteiger partial charge < -0.3 is 10.4 Å². The summed E-state index contributed by atoms with van der Waals surface area (Å²) in [5.41, 5.74) is 3.75. The molecule has 2 unspecified atom stereocenters. The molecule has 4 heteroatoms. The summed E-state index contributed by atoms with van der Waals surface area (Å²) in [4.78, 5) is 0. The summed E-state index contributed by atoms with van der Waals surface area (Å²) in [6, 6.07) is 0.525. The lowest BCUT2D eigenvalue weighted by atomic mass is 9.84. The fraction of sp³-hybridized carbons (Fsp3) is 0.812. The predicted molar refractivity (Wildman–Crippen MR) is 83.9 cm³/mol. The topological polar surface area (TPSA) is 50.1 Å². The molecular formula is C16H31N3O. The molecule has 0 aliphatic heterocycles. The Balaban J connectivity index is 2.94. The highest BCUT2D eigenvalue weighted by molar-refractivity contribution is 5.28. The SMILES string of the molecule is CCn1nc(C)c(C(C)NC(CCO)C(C)(C)C)c1C. The van der Waals surface area contributed by atoms with E-state index in [0.29, 0.717) is 0 Å². The second-order valence-electron chi connectivity index (χ2n) is 6.72. The Kier molecular flexibility index (Phi) is 5.78. The highest BCUT2D eigenvalue weighted by Crippen LogP contribution is 2.27. The molecule has 116 valence electrons. The Hall–Kier alpha value is -0.870. The van der Waals surface area contributed by atoms with Gasteiger partial charge in [-0.05, 0) is 39.5 Å². The Morgan fingerprint density at radius 2 is 1.90 bits per heavy atom. The lowest BCUT2D eigenvalue weighted by molar-refractivity contribution is 0.187. The van der Waals surface area contributed by atoms with Gasteiger partial charge in [0.15, 0.2) is 0 Å². The lowest BCUT2D eigenvalue weighted by Gasteiger charge is -2.34. The van der Waals surface area contributed by atoms with Crippen LogP contribution in [0, 0.1) is 19.3 Å². The first-order valence-electron chi connectivity index (χ1n) is 7.63. The van der Waals surface area contributed by atoms with E-state index >= 15 is 0 Å². The zero-order chi connectivity index (χ0) is 15.5. The summed E-state index contributed by atoms with van der Waals surface area (Å²) in [7, 11) is 0. The Morgan fingerprint density at radius 3 is 2.30 bits per heavy atom. The number of aromatic nitrogens is 2. The lowest BCUT2D eigenvalue weighted by Crippen LogP contribution is -2.42. The van der Waals surface area contributed by atoms with Crippen molar-refractivity contribution >= 4 is 0 Å². The highest BCUT2D eigenvalue weighted by Gasteiger charge is 2.27. The van der Waals surface area contributed by atoms with E-state index in [9.17, 15) is 5.11 Å². The average Bonchev–Trinajstić information content (AvgIpc) is 2.62. The number of aryl methyl sites for hydroxylation is 2. The van der Waals surface area contributed by atoms with Crippen LogP contribution in [-0.4, -0.2) is 27.5 Å². The molecule has 1 aromatic heterocycles. The number of nitrogens with one attached hydrogen (secondary N) is 1. The molecule has 0 bridgehead atoms. The van der Waals surface area contributed by atoms with Crippen molar-refractivity contribution < 1.29 is 5.11 Å². The van der Waals surface area contributed by atoms with Gasteiger partial charge in [-0.2, -0.15) is 5.10 Å². The number of aliphatic hydroxyl groups is 1. The van der Waals surface area contributed by atoms with Gasteiger partial charge in [-0.15, -0.1) is 0 Å². The zero-order valence-electron chi connectivity index (χ0n) is 14.1. The summed E-state index contributed by atoms with van der Waals surface area (Å²) in [5, 5.41) is 17.6. The van der Waals surface area contributed by atoms with Crippen LogP contribution in [0.4, 0.5) is 0 Å². The molecule has 0 spiro atoms. The zero-order valence-corrected chi connectivity index (χ0v) is 14.1. The van der Waals surface area contributed by atoms with Crippen molar-refractivity contribution in [3.8, 4) is 0 Å². The van der Waals surface area contributed by atoms with Crippen LogP contribution in [0.1, 0.15) is 64.0 Å². The van der Waals surface area contributed by atoms with E-state index in [2.05, 4.69) is 63.6 Å². The third-order valence-corrected chi connectivity index (χ3v) is 4.08. The molecule has 1 rings (SSSR count). The molecule has 2 N–H and O–H groups in total. The fourth-order valence-corrected chi connectivity index (χ4v) is 2.93. The second-order valence-corrected chi connectivity index (χ2v) is 6.72. The maximum absolute atomic E-state index is 9.28. The van der Waals surface area contributed by atoms with E-state index in [4.69, 9.17) is 0 Å². The number of hydrogen-bond donors (Lipinski definition) is 2. The number of nitrogens with zero attached hydrogens (tertiary/aromatic N) is 2. The van der Waals surface area contributed by atoms with Gasteiger partial charge in [0.1, 0.15) is 0 Å². The highest BCUT2D eigenvalue weighted by atomic mass is 16.3. The Morgan fingerprint density at radius 1 is 1.30 bits per heavy atom. The van der Waals surface area contributed by atoms with E-state index in [0.717, 1.165) is 18.7 Å². The van der Waals surface area contributed by atoms with Gasteiger partial charge in [0, 0.05) is 36.5 Å². The van der Waals surface area contributed by atoms with Crippen molar-refractivity contribution in [3.63, 3.8) is 0 Å². The average molecular weight is 281 g/mol. The molecule has 0 aliphatic carbocycles. The fourth-order valence-electron chi connectivity index (χ4n) is 2.93. The summed E-state index contributed by atoms with van der Waals surface area (Å²) in [6.45, 7) is 16.3. The predicted octanol–water partition coefficient (Wildman–Crippen LogP) is 2.97. The molecule has 1 aromatic rings. The molecular weight excluding hydrogens is 250 g/mol. The van der Waals surface area contributed by atoms with Gasteiger partial charge in [0.2, 0.25) is 0 Å². The van der Waals surface area contributed by atoms with Crippen molar-refractivity contribution in [3.05, 3.63) is 17.0 Å². The van der Waals surface area contributed by atoms with E-state index in [1.54, 1.807) is 0 Å². The van der Waals surface area contributed by atoms with Crippen LogP contribution in [-0.2, 0) is 6.54 Å². The minimum Gasteiger partial charge on any atom is -0.396 e. The summed E-state index contributed by atoms with van der Waals surface area (Å²) in [5.74, 6) is 0. The first-order chi connectivity index (χ1) is 9.22. The molecule has 4 nitrogen and oxygen atoms in total. The first kappa shape index (κ1) is 17.2. The molecule has 20 heavy (non-hydrogen) atoms. The largest absolute Gasteiger partial charge is 0.396 e. The summed E-state index contributed by atoms with van der Waals surface area (Å²) >= 11 is 0. The van der Waals surface area contributed by atoms with E-state index in [1.807, 2.05) is 0 Å². The monoisotopic (exact) mass is 281 g/mol. The molecule has 0 aromatic carbocycles. The van der Waals surface area contributed by atoms with Gasteiger partial charge in [-0.3, -0.25) is 4.68 Å². The number of rotatable bonds is 6. The van der Waals surface area contributed by atoms with Crippen LogP contribution < -0.4 is 5.32 Å². The summed E-state index contributed by atoms with van der Waals surface area (Å²) < 4.78 is 2.06. The minimum absolute atomic E-state index is 0.125. The van der Waals surface area contributed by atoms with Crippen molar-refractivity contribution in [2.24, 2.45) is 5.41 Å². The van der Waals surface area contributed by atoms with Gasteiger partial charge in [-0.25, -0.2) is 0 Å². The van der Waals surface area contributed by atoms with Gasteiger partial charge >= 0.3 is 0 Å². The van der Waals surface area contributed by atoms with Crippen molar-refractivity contribution in [2.75, 3.05) is 6.61 Å². The third-order valence-electron chi connectivity index (χ3n) is 4.08. The first-order valence-corrected chi connectivity index (χ1v) is 7.63. The van der Waals surface area contributed by atoms with E-state index < -0.39 is 0 Å². The van der Waals surface area contributed by atoms with Gasteiger partial charge in [0.25, 0.3) is 0 Å². The van der Waals surface area contributed by atoms with Crippen molar-refractivity contribution in [1.82, 2.24) is 15.1 Å². The Bertz CT molecular complexity index is 432. The second kappa shape index (κ2) is 6.72. The van der Waals surface area contributed by atoms with Gasteiger partial charge in [-0.1, -0.05) is 20.8 Å². The van der Waals surface area contributed by atoms with Gasteiger partial charge in [0.05, 0.1) is 5.69 Å². The van der Waals surface area contributed by atoms with Crippen molar-refractivity contribution in [1.29, 1.82) is 0 Å². The Labute approximate surface area is 123 Å². The van der Waals surface area contributed by atoms with E-state index in [1.165, 1.54) is 11.3 Å². The molecule has 0 saturated carbocycles. The number of hydrogen-bond acceptors (Lipinski definition) is 3. The third kappa shape index (κ3) is 3.83. The summed E-state index contributed by atoms with van der Waals surface area (Å²) in [6.07, 6.45) is 0.772. The molecule has 0 aliphatic rings. The maximum Gasteiger partial charge on any atom is 0.0644 e. The van der Waals surface area contributed by atoms with Crippen LogP contribution in [0.2, 0.25) is 0 Å². The molecule has 2 atom stereocenters. The van der Waals surface area contributed by atoms with E-state index in [-0.39, 0.29) is 24.1 Å². The van der Waals surface area contributed by atoms with Crippen molar-refractivity contribution in [2.45, 2.75) is 73.5 Å².